The van der Waals surface area contributed by atoms with Crippen LogP contribution in [0.25, 0.3) is 0 Å². The van der Waals surface area contributed by atoms with E-state index in [1.54, 1.807) is 14.1 Å². The number of aliphatic hydroxyl groups is 1. The van der Waals surface area contributed by atoms with E-state index in [1.165, 1.54) is 25.8 Å². The van der Waals surface area contributed by atoms with Crippen LogP contribution in [-0.4, -0.2) is 120 Å². The van der Waals surface area contributed by atoms with Gasteiger partial charge in [-0.15, -0.1) is 0 Å². The van der Waals surface area contributed by atoms with E-state index in [1.807, 2.05) is 0 Å². The van der Waals surface area contributed by atoms with Gasteiger partial charge in [0, 0.05) is 32.8 Å². The second-order valence-electron chi connectivity index (χ2n) is 10.4. The van der Waals surface area contributed by atoms with E-state index in [2.05, 4.69) is 34.3 Å². The summed E-state index contributed by atoms with van der Waals surface area (Å²) in [6.45, 7) is 13.3. The molecule has 0 aromatic heterocycles. The molecule has 3 unspecified atom stereocenters. The van der Waals surface area contributed by atoms with Crippen LogP contribution in [0.4, 0.5) is 0 Å². The van der Waals surface area contributed by atoms with Crippen molar-refractivity contribution >= 4 is 5.91 Å². The van der Waals surface area contributed by atoms with Gasteiger partial charge >= 0.3 is 0 Å². The number of hydrogen-bond acceptors (Lipinski definition) is 8. The summed E-state index contributed by atoms with van der Waals surface area (Å²) in [6, 6.07) is 0.655. The van der Waals surface area contributed by atoms with E-state index < -0.39 is 6.23 Å². The van der Waals surface area contributed by atoms with Crippen LogP contribution in [0.3, 0.4) is 0 Å². The van der Waals surface area contributed by atoms with Crippen molar-refractivity contribution < 1.29 is 24.1 Å². The van der Waals surface area contributed by atoms with Crippen molar-refractivity contribution in [2.24, 2.45) is 17.8 Å². The fraction of sp³-hybridized carbons (Fsp3) is 0.962. The molecule has 35 heavy (non-hydrogen) atoms. The number of piperidine rings is 2. The lowest BCUT2D eigenvalue weighted by molar-refractivity contribution is -0.125. The van der Waals surface area contributed by atoms with Crippen LogP contribution < -0.4 is 10.6 Å². The molecular weight excluding hydrogens is 448 g/mol. The van der Waals surface area contributed by atoms with Crippen LogP contribution in [0.5, 0.6) is 0 Å². The van der Waals surface area contributed by atoms with Crippen LogP contribution >= 0.6 is 0 Å². The highest BCUT2D eigenvalue weighted by Gasteiger charge is 2.37. The number of nitrogens with zero attached hydrogens (tertiary/aromatic N) is 2. The summed E-state index contributed by atoms with van der Waals surface area (Å²) < 4.78 is 16.6. The summed E-state index contributed by atoms with van der Waals surface area (Å²) in [6.07, 6.45) is 5.44. The molecule has 0 bridgehead atoms. The second kappa shape index (κ2) is 17.6. The molecule has 2 rings (SSSR count). The minimum Gasteiger partial charge on any atom is -0.378 e. The molecule has 2 aliphatic heterocycles. The molecule has 0 aromatic rings. The van der Waals surface area contributed by atoms with Crippen LogP contribution in [0.15, 0.2) is 0 Å². The van der Waals surface area contributed by atoms with Crippen molar-refractivity contribution in [3.05, 3.63) is 0 Å². The maximum atomic E-state index is 11.2. The first-order valence-electron chi connectivity index (χ1n) is 13.7. The molecule has 2 heterocycles. The minimum atomic E-state index is -0.577. The minimum absolute atomic E-state index is 0.0916. The Morgan fingerprint density at radius 3 is 2.57 bits per heavy atom. The maximum Gasteiger partial charge on any atom is 0.245 e. The van der Waals surface area contributed by atoms with E-state index >= 15 is 0 Å². The maximum absolute atomic E-state index is 11.2. The summed E-state index contributed by atoms with van der Waals surface area (Å²) in [7, 11) is 3.34. The highest BCUT2D eigenvalue weighted by atomic mass is 16.5. The lowest BCUT2D eigenvalue weighted by Gasteiger charge is -2.48. The lowest BCUT2D eigenvalue weighted by Crippen LogP contribution is -2.54. The first kappa shape index (κ1) is 30.4. The molecule has 0 spiro atoms. The SMILES string of the molecule is CNC(=O)COCCOCCN1CC[C@H](C)C(C2C[C@H](C)CCN2CCCCOCC(O)NC)C1. The molecule has 1 amide bonds. The van der Waals surface area contributed by atoms with Crippen LogP contribution in [0.1, 0.15) is 46.0 Å². The number of carbonyl (C=O) groups is 1. The Morgan fingerprint density at radius 1 is 1.00 bits per heavy atom. The Bertz CT molecular complexity index is 570. The molecular formula is C26H52N4O5. The van der Waals surface area contributed by atoms with Gasteiger partial charge in [-0.2, -0.15) is 0 Å². The Balaban J connectivity index is 1.72. The first-order valence-corrected chi connectivity index (χ1v) is 13.7. The van der Waals surface area contributed by atoms with E-state index in [0.717, 1.165) is 50.9 Å². The molecule has 0 radical (unpaired) electrons. The smallest absolute Gasteiger partial charge is 0.245 e. The molecule has 9 nitrogen and oxygen atoms in total. The normalized spacial score (nSPS) is 27.1. The summed E-state index contributed by atoms with van der Waals surface area (Å²) in [5.41, 5.74) is 0. The molecule has 0 saturated carbocycles. The number of aliphatic hydroxyl groups excluding tert-OH is 1. The van der Waals surface area contributed by atoms with Crippen molar-refractivity contribution in [2.75, 3.05) is 86.5 Å². The molecule has 5 atom stereocenters. The molecule has 2 saturated heterocycles. The van der Waals surface area contributed by atoms with Crippen molar-refractivity contribution in [2.45, 2.75) is 58.2 Å². The standard InChI is InChI=1S/C26H52N4O5/c1-21-7-11-30(9-5-6-13-34-19-25(31)27-3)24(17-21)23-18-29(10-8-22(23)2)12-14-33-15-16-35-20-26(32)28-4/h21-25,27,31H,5-20H2,1-4H3,(H,28,32)/t21-,22+,23?,24?,25?/m1/s1. The zero-order valence-corrected chi connectivity index (χ0v) is 22.7. The van der Waals surface area contributed by atoms with E-state index in [4.69, 9.17) is 14.2 Å². The van der Waals surface area contributed by atoms with Crippen LogP contribution in [0.2, 0.25) is 0 Å². The quantitative estimate of drug-likeness (QED) is 0.202. The number of likely N-dealkylation sites (tertiary alicyclic amines) is 2. The van der Waals surface area contributed by atoms with Gasteiger partial charge in [-0.05, 0) is 76.5 Å². The van der Waals surface area contributed by atoms with Gasteiger partial charge in [0.1, 0.15) is 12.8 Å². The molecule has 0 aliphatic carbocycles. The van der Waals surface area contributed by atoms with E-state index in [-0.39, 0.29) is 12.5 Å². The number of likely N-dealkylation sites (N-methyl/N-ethyl adjacent to an activating group) is 2. The second-order valence-corrected chi connectivity index (χ2v) is 10.4. The number of carbonyl (C=O) groups excluding carboxylic acids is 1. The van der Waals surface area contributed by atoms with Gasteiger partial charge in [0.2, 0.25) is 5.91 Å². The van der Waals surface area contributed by atoms with Crippen molar-refractivity contribution in [1.29, 1.82) is 0 Å². The summed E-state index contributed by atoms with van der Waals surface area (Å²) in [5.74, 6) is 2.13. The van der Waals surface area contributed by atoms with Gasteiger partial charge in [0.05, 0.1) is 26.4 Å². The molecule has 9 heteroatoms. The van der Waals surface area contributed by atoms with Gasteiger partial charge in [-0.3, -0.25) is 10.1 Å². The molecule has 0 aromatic carbocycles. The predicted octanol–water partition coefficient (Wildman–Crippen LogP) is 1.16. The van der Waals surface area contributed by atoms with E-state index in [0.29, 0.717) is 45.0 Å². The Kier molecular flexibility index (Phi) is 15.3. The molecule has 206 valence electrons. The highest BCUT2D eigenvalue weighted by molar-refractivity contribution is 5.76. The zero-order chi connectivity index (χ0) is 25.5. The summed E-state index contributed by atoms with van der Waals surface area (Å²) >= 11 is 0. The molecule has 2 aliphatic rings. The monoisotopic (exact) mass is 500 g/mol. The van der Waals surface area contributed by atoms with Crippen molar-refractivity contribution in [3.8, 4) is 0 Å². The topological polar surface area (TPSA) is 95.5 Å². The Morgan fingerprint density at radius 2 is 1.80 bits per heavy atom. The predicted molar refractivity (Wildman–Crippen MR) is 138 cm³/mol. The zero-order valence-electron chi connectivity index (χ0n) is 22.7. The Labute approximate surface area is 213 Å². The van der Waals surface area contributed by atoms with Crippen LogP contribution in [0, 0.1) is 17.8 Å². The fourth-order valence-corrected chi connectivity index (χ4v) is 5.28. The average molecular weight is 501 g/mol. The number of nitrogens with one attached hydrogen (secondary N) is 2. The van der Waals surface area contributed by atoms with Gasteiger partial charge in [-0.1, -0.05) is 13.8 Å². The number of unbranched alkanes of at least 4 members (excludes halogenated alkanes) is 1. The third kappa shape index (κ3) is 11.9. The highest BCUT2D eigenvalue weighted by Crippen LogP contribution is 2.35. The summed E-state index contributed by atoms with van der Waals surface area (Å²) in [4.78, 5) is 16.5. The molecule has 2 fully saturated rings. The largest absolute Gasteiger partial charge is 0.378 e. The lowest BCUT2D eigenvalue weighted by atomic mass is 9.76. The van der Waals surface area contributed by atoms with Crippen molar-refractivity contribution in [3.63, 3.8) is 0 Å². The van der Waals surface area contributed by atoms with Crippen LogP contribution in [-0.2, 0) is 19.0 Å². The third-order valence-corrected chi connectivity index (χ3v) is 7.65. The number of amides is 1. The fourth-order valence-electron chi connectivity index (χ4n) is 5.28. The number of ether oxygens (including phenoxy) is 3. The van der Waals surface area contributed by atoms with E-state index in [9.17, 15) is 9.90 Å². The van der Waals surface area contributed by atoms with Gasteiger partial charge in [-0.25, -0.2) is 0 Å². The first-order chi connectivity index (χ1) is 16.9. The Hall–Kier alpha value is -0.810. The van der Waals surface area contributed by atoms with Gasteiger partial charge in [0.25, 0.3) is 0 Å². The number of hydrogen-bond donors (Lipinski definition) is 3. The van der Waals surface area contributed by atoms with Gasteiger partial charge < -0.3 is 34.4 Å². The van der Waals surface area contributed by atoms with Crippen molar-refractivity contribution in [1.82, 2.24) is 20.4 Å². The molecule has 3 N–H and O–H groups in total. The third-order valence-electron chi connectivity index (χ3n) is 7.65. The van der Waals surface area contributed by atoms with Gasteiger partial charge in [0.15, 0.2) is 0 Å². The average Bonchev–Trinajstić information content (AvgIpc) is 2.86. The summed E-state index contributed by atoms with van der Waals surface area (Å²) in [5, 5.41) is 14.8. The number of rotatable bonds is 17.